The molecule has 0 spiro atoms. The molecule has 0 fully saturated rings. The van der Waals surface area contributed by atoms with Crippen LogP contribution in [0.2, 0.25) is 19.1 Å². The first-order valence-corrected chi connectivity index (χ1v) is 8.83. The van der Waals surface area contributed by atoms with Crippen molar-refractivity contribution in [3.8, 4) is 0 Å². The summed E-state index contributed by atoms with van der Waals surface area (Å²) in [5.74, 6) is -0.345. The van der Waals surface area contributed by atoms with Gasteiger partial charge in [0.1, 0.15) is 0 Å². The fourth-order valence-corrected chi connectivity index (χ4v) is 2.78. The summed E-state index contributed by atoms with van der Waals surface area (Å²) in [6.07, 6.45) is 2.13. The van der Waals surface area contributed by atoms with Crippen molar-refractivity contribution in [3.05, 3.63) is 11.6 Å². The molecule has 1 atom stereocenters. The van der Waals surface area contributed by atoms with E-state index in [1.54, 1.807) is 14.0 Å². The van der Waals surface area contributed by atoms with Gasteiger partial charge in [-0.05, 0) is 20.4 Å². The molecule has 4 nitrogen and oxygen atoms in total. The van der Waals surface area contributed by atoms with Crippen LogP contribution in [-0.2, 0) is 9.59 Å². The molecular formula is C11H20N2O2Si. The maximum Gasteiger partial charge on any atom is 0.257 e. The third kappa shape index (κ3) is 2.80. The number of imide groups is 1. The Balaban J connectivity index is 2.67. The van der Waals surface area contributed by atoms with Crippen molar-refractivity contribution in [1.29, 1.82) is 0 Å². The van der Waals surface area contributed by atoms with Crippen molar-refractivity contribution in [2.75, 3.05) is 7.05 Å². The summed E-state index contributed by atoms with van der Waals surface area (Å²) in [5.41, 5.74) is 0.534. The summed E-state index contributed by atoms with van der Waals surface area (Å²) >= 11 is 0. The lowest BCUT2D eigenvalue weighted by atomic mass is 10.3. The van der Waals surface area contributed by atoms with Crippen molar-refractivity contribution < 1.29 is 9.59 Å². The third-order valence-electron chi connectivity index (χ3n) is 2.80. The second kappa shape index (κ2) is 5.40. The molecule has 0 saturated carbocycles. The molecule has 1 unspecified atom stereocenters. The molecule has 1 aliphatic heterocycles. The van der Waals surface area contributed by atoms with Crippen LogP contribution in [0.4, 0.5) is 0 Å². The Kier molecular flexibility index (Phi) is 4.43. The largest absolute Gasteiger partial charge is 0.300 e. The normalized spacial score (nSPS) is 18.3. The van der Waals surface area contributed by atoms with Crippen LogP contribution in [0.5, 0.6) is 0 Å². The topological polar surface area (TPSA) is 49.4 Å². The summed E-state index contributed by atoms with van der Waals surface area (Å²) in [6.45, 7) is 6.22. The summed E-state index contributed by atoms with van der Waals surface area (Å²) in [7, 11) is 1.15. The fraction of sp³-hybridized carbons (Fsp3) is 0.636. The van der Waals surface area contributed by atoms with Gasteiger partial charge in [0, 0.05) is 20.4 Å². The number of nitrogens with one attached hydrogen (secondary N) is 1. The van der Waals surface area contributed by atoms with Crippen molar-refractivity contribution in [1.82, 2.24) is 10.2 Å². The Morgan fingerprint density at radius 1 is 1.44 bits per heavy atom. The van der Waals surface area contributed by atoms with Gasteiger partial charge in [0.2, 0.25) is 0 Å². The maximum absolute atomic E-state index is 11.8. The quantitative estimate of drug-likeness (QED) is 0.569. The molecule has 90 valence electrons. The van der Waals surface area contributed by atoms with Gasteiger partial charge in [-0.15, -0.1) is 0 Å². The molecule has 1 N–H and O–H groups in total. The first kappa shape index (κ1) is 13.1. The molecule has 1 heterocycles. The number of carbonyl (C=O) groups excluding carboxylic acids is 2. The van der Waals surface area contributed by atoms with E-state index in [0.29, 0.717) is 5.57 Å². The molecular weight excluding hydrogens is 220 g/mol. The smallest absolute Gasteiger partial charge is 0.257 e. The minimum Gasteiger partial charge on any atom is -0.300 e. The number of amides is 2. The number of hydrogen-bond donors (Lipinski definition) is 1. The molecule has 0 aromatic heterocycles. The zero-order valence-corrected chi connectivity index (χ0v) is 11.6. The van der Waals surface area contributed by atoms with Crippen molar-refractivity contribution in [2.45, 2.75) is 38.6 Å². The maximum atomic E-state index is 11.8. The van der Waals surface area contributed by atoms with Gasteiger partial charge >= 0.3 is 0 Å². The van der Waals surface area contributed by atoms with Crippen LogP contribution >= 0.6 is 0 Å². The van der Waals surface area contributed by atoms with E-state index in [9.17, 15) is 9.59 Å². The van der Waals surface area contributed by atoms with Crippen LogP contribution < -0.4 is 5.32 Å². The Morgan fingerprint density at radius 3 is 2.44 bits per heavy atom. The molecule has 1 rings (SSSR count). The Hall–Kier alpha value is -0.943. The Morgan fingerprint density at radius 2 is 2.06 bits per heavy atom. The molecule has 1 aliphatic rings. The van der Waals surface area contributed by atoms with Crippen LogP contribution in [0.15, 0.2) is 11.6 Å². The molecule has 0 aromatic carbocycles. The van der Waals surface area contributed by atoms with Gasteiger partial charge in [-0.3, -0.25) is 19.8 Å². The average molecular weight is 240 g/mol. The van der Waals surface area contributed by atoms with E-state index in [1.165, 1.54) is 11.0 Å². The number of rotatable bonds is 5. The summed E-state index contributed by atoms with van der Waals surface area (Å²) in [6, 6.07) is 1.13. The van der Waals surface area contributed by atoms with Crippen molar-refractivity contribution in [2.24, 2.45) is 0 Å². The highest BCUT2D eigenvalue weighted by molar-refractivity contribution is 6.55. The average Bonchev–Trinajstić information content (AvgIpc) is 2.45. The van der Waals surface area contributed by atoms with Crippen LogP contribution in [0.1, 0.15) is 13.3 Å². The zero-order valence-electron chi connectivity index (χ0n) is 10.4. The van der Waals surface area contributed by atoms with Gasteiger partial charge in [-0.25, -0.2) is 0 Å². The number of hydrogen-bond acceptors (Lipinski definition) is 3. The molecule has 2 amide bonds. The van der Waals surface area contributed by atoms with Gasteiger partial charge in [0.15, 0.2) is 0 Å². The standard InChI is InChI=1S/C11H20N2O2Si/c1-8-7-10(14)13(11(8)15)9(12-2)5-6-16(3)4/h7,9,12,16H,5-6H2,1-4H3. The van der Waals surface area contributed by atoms with E-state index >= 15 is 0 Å². The van der Waals surface area contributed by atoms with E-state index in [2.05, 4.69) is 18.4 Å². The van der Waals surface area contributed by atoms with Gasteiger partial charge < -0.3 is 0 Å². The van der Waals surface area contributed by atoms with Crippen LogP contribution in [0.25, 0.3) is 0 Å². The van der Waals surface area contributed by atoms with E-state index in [-0.39, 0.29) is 18.0 Å². The fourth-order valence-electron chi connectivity index (χ4n) is 1.80. The second-order valence-electron chi connectivity index (χ2n) is 4.62. The van der Waals surface area contributed by atoms with E-state index in [1.807, 2.05) is 0 Å². The van der Waals surface area contributed by atoms with Gasteiger partial charge in [0.05, 0.1) is 6.17 Å². The molecule has 0 radical (unpaired) electrons. The summed E-state index contributed by atoms with van der Waals surface area (Å²) < 4.78 is 0. The van der Waals surface area contributed by atoms with E-state index in [0.717, 1.165) is 12.5 Å². The van der Waals surface area contributed by atoms with Gasteiger partial charge in [0.25, 0.3) is 11.8 Å². The minimum absolute atomic E-state index is 0.149. The predicted molar refractivity (Wildman–Crippen MR) is 66.8 cm³/mol. The highest BCUT2D eigenvalue weighted by Gasteiger charge is 2.33. The number of nitrogens with zero attached hydrogens (tertiary/aromatic N) is 1. The molecule has 0 aliphatic carbocycles. The minimum atomic E-state index is -0.646. The lowest BCUT2D eigenvalue weighted by Gasteiger charge is -2.26. The molecule has 16 heavy (non-hydrogen) atoms. The van der Waals surface area contributed by atoms with E-state index < -0.39 is 8.80 Å². The van der Waals surface area contributed by atoms with Gasteiger partial charge in [-0.1, -0.05) is 19.1 Å². The van der Waals surface area contributed by atoms with Gasteiger partial charge in [-0.2, -0.15) is 0 Å². The highest BCUT2D eigenvalue weighted by atomic mass is 28.3. The zero-order chi connectivity index (χ0) is 12.3. The van der Waals surface area contributed by atoms with Crippen LogP contribution in [-0.4, -0.2) is 38.7 Å². The number of carbonyl (C=O) groups is 2. The molecule has 0 aromatic rings. The van der Waals surface area contributed by atoms with Crippen LogP contribution in [0, 0.1) is 0 Å². The third-order valence-corrected chi connectivity index (χ3v) is 4.28. The first-order chi connectivity index (χ1) is 7.47. The molecule has 0 bridgehead atoms. The summed E-state index contributed by atoms with van der Waals surface area (Å²) in [4.78, 5) is 24.7. The van der Waals surface area contributed by atoms with Crippen LogP contribution in [0.3, 0.4) is 0 Å². The Labute approximate surface area is 98.3 Å². The first-order valence-electron chi connectivity index (χ1n) is 5.70. The lowest BCUT2D eigenvalue weighted by molar-refractivity contribution is -0.140. The Bertz CT molecular complexity index is 326. The summed E-state index contributed by atoms with van der Waals surface area (Å²) in [5, 5.41) is 3.05. The lowest BCUT2D eigenvalue weighted by Crippen LogP contribution is -2.48. The predicted octanol–water partition coefficient (Wildman–Crippen LogP) is 0.724. The second-order valence-corrected chi connectivity index (χ2v) is 7.98. The van der Waals surface area contributed by atoms with E-state index in [4.69, 9.17) is 0 Å². The van der Waals surface area contributed by atoms with Crippen molar-refractivity contribution in [3.63, 3.8) is 0 Å². The molecule has 0 saturated heterocycles. The SMILES string of the molecule is CNC(CC[SiH](C)C)N1C(=O)C=C(C)C1=O. The van der Waals surface area contributed by atoms with Crippen molar-refractivity contribution >= 4 is 20.6 Å². The highest BCUT2D eigenvalue weighted by Crippen LogP contribution is 2.17. The monoisotopic (exact) mass is 240 g/mol. The molecule has 5 heteroatoms.